The second kappa shape index (κ2) is 11.7. The first kappa shape index (κ1) is 28.2. The Kier molecular flexibility index (Phi) is 7.86. The molecule has 6 rings (SSSR count). The van der Waals surface area contributed by atoms with E-state index in [4.69, 9.17) is 9.97 Å². The zero-order valence-electron chi connectivity index (χ0n) is 24.9. The molecular formula is C33H39N7O2. The lowest BCUT2D eigenvalue weighted by atomic mass is 9.90. The molecule has 9 heteroatoms. The fraction of sp³-hybridized carbons (Fsp3) is 0.455. The lowest BCUT2D eigenvalue weighted by molar-refractivity contribution is -0.121. The number of pyridine rings is 1. The van der Waals surface area contributed by atoms with Gasteiger partial charge >= 0.3 is 0 Å². The van der Waals surface area contributed by atoms with Crippen LogP contribution in [0.2, 0.25) is 0 Å². The van der Waals surface area contributed by atoms with Crippen molar-refractivity contribution in [3.05, 3.63) is 70.0 Å². The van der Waals surface area contributed by atoms with E-state index in [1.807, 2.05) is 26.8 Å². The van der Waals surface area contributed by atoms with E-state index in [0.29, 0.717) is 34.6 Å². The van der Waals surface area contributed by atoms with Crippen LogP contribution in [-0.4, -0.2) is 43.4 Å². The molecule has 1 aliphatic heterocycles. The minimum absolute atomic E-state index is 0.0136. The number of nitrogens with one attached hydrogen (secondary N) is 2. The fourth-order valence-corrected chi connectivity index (χ4v) is 6.61. The van der Waals surface area contributed by atoms with Gasteiger partial charge in [-0.2, -0.15) is 4.98 Å². The normalized spacial score (nSPS) is 19.5. The van der Waals surface area contributed by atoms with Gasteiger partial charge in [-0.05, 0) is 102 Å². The van der Waals surface area contributed by atoms with Crippen LogP contribution in [0.5, 0.6) is 0 Å². The Morgan fingerprint density at radius 3 is 2.50 bits per heavy atom. The van der Waals surface area contributed by atoms with Crippen molar-refractivity contribution in [3.8, 4) is 11.3 Å². The van der Waals surface area contributed by atoms with Crippen molar-refractivity contribution < 1.29 is 4.79 Å². The lowest BCUT2D eigenvalue weighted by Crippen LogP contribution is -2.26. The Morgan fingerprint density at radius 2 is 1.79 bits per heavy atom. The van der Waals surface area contributed by atoms with Gasteiger partial charge < -0.3 is 10.6 Å². The lowest BCUT2D eigenvalue weighted by Gasteiger charge is -2.23. The average molecular weight is 566 g/mol. The Bertz CT molecular complexity index is 1670. The van der Waals surface area contributed by atoms with Crippen LogP contribution < -0.4 is 16.2 Å². The maximum Gasteiger partial charge on any atom is 0.261 e. The third kappa shape index (κ3) is 5.45. The highest BCUT2D eigenvalue weighted by Crippen LogP contribution is 2.39. The predicted octanol–water partition coefficient (Wildman–Crippen LogP) is 5.82. The van der Waals surface area contributed by atoms with Gasteiger partial charge in [0.1, 0.15) is 17.3 Å². The topological polar surface area (TPSA) is 115 Å². The third-order valence-corrected chi connectivity index (χ3v) is 8.88. The number of aryl methyl sites for hydroxylation is 1. The Balaban J connectivity index is 1.34. The number of ketones is 1. The molecule has 1 saturated heterocycles. The number of piperidine rings is 1. The van der Waals surface area contributed by atoms with Gasteiger partial charge in [-0.25, -0.2) is 15.0 Å². The maximum absolute atomic E-state index is 14.0. The molecule has 4 aromatic rings. The van der Waals surface area contributed by atoms with Gasteiger partial charge in [-0.1, -0.05) is 18.6 Å². The Labute approximate surface area is 246 Å². The zero-order valence-corrected chi connectivity index (χ0v) is 24.9. The molecule has 2 atom stereocenters. The van der Waals surface area contributed by atoms with Gasteiger partial charge in [0.15, 0.2) is 0 Å². The molecule has 1 aromatic carbocycles. The number of carbonyl (C=O) groups is 1. The molecule has 0 spiro atoms. The summed E-state index contributed by atoms with van der Waals surface area (Å²) in [6.07, 6.45) is 8.57. The van der Waals surface area contributed by atoms with Crippen molar-refractivity contribution in [1.82, 2.24) is 29.8 Å². The van der Waals surface area contributed by atoms with E-state index in [2.05, 4.69) is 44.9 Å². The highest BCUT2D eigenvalue weighted by molar-refractivity contribution is 5.82. The third-order valence-electron chi connectivity index (χ3n) is 8.88. The van der Waals surface area contributed by atoms with Crippen LogP contribution in [0.3, 0.4) is 0 Å². The van der Waals surface area contributed by atoms with Crippen molar-refractivity contribution in [2.24, 2.45) is 5.92 Å². The van der Waals surface area contributed by atoms with E-state index in [1.54, 1.807) is 23.9 Å². The summed E-state index contributed by atoms with van der Waals surface area (Å²) < 4.78 is 1.72. The number of aromatic nitrogens is 5. The van der Waals surface area contributed by atoms with E-state index in [0.717, 1.165) is 61.8 Å². The van der Waals surface area contributed by atoms with Crippen LogP contribution in [0, 0.1) is 12.8 Å². The highest BCUT2D eigenvalue weighted by Gasteiger charge is 2.34. The number of carbonyl (C=O) groups excluding carboxylic acids is 1. The van der Waals surface area contributed by atoms with Gasteiger partial charge in [0, 0.05) is 41.3 Å². The Morgan fingerprint density at radius 1 is 1.02 bits per heavy atom. The van der Waals surface area contributed by atoms with Gasteiger partial charge in [0.2, 0.25) is 5.95 Å². The minimum Gasteiger partial charge on any atom is -0.324 e. The van der Waals surface area contributed by atoms with Crippen LogP contribution in [0.1, 0.15) is 87.7 Å². The fourth-order valence-electron chi connectivity index (χ4n) is 6.61. The summed E-state index contributed by atoms with van der Waals surface area (Å²) in [5, 5.41) is 7.50. The van der Waals surface area contributed by atoms with E-state index < -0.39 is 0 Å². The number of hydrogen-bond acceptors (Lipinski definition) is 8. The molecule has 0 radical (unpaired) electrons. The van der Waals surface area contributed by atoms with Gasteiger partial charge in [-0.15, -0.1) is 0 Å². The van der Waals surface area contributed by atoms with E-state index in [1.165, 1.54) is 5.56 Å². The van der Waals surface area contributed by atoms with Gasteiger partial charge in [0.25, 0.3) is 5.56 Å². The molecular weight excluding hydrogens is 526 g/mol. The highest BCUT2D eigenvalue weighted by atomic mass is 16.1. The molecule has 218 valence electrons. The molecule has 4 heterocycles. The summed E-state index contributed by atoms with van der Waals surface area (Å²) >= 11 is 0. The molecule has 2 unspecified atom stereocenters. The van der Waals surface area contributed by atoms with Gasteiger partial charge in [-0.3, -0.25) is 14.2 Å². The van der Waals surface area contributed by atoms with Crippen molar-refractivity contribution in [2.45, 2.75) is 77.7 Å². The van der Waals surface area contributed by atoms with Crippen molar-refractivity contribution in [3.63, 3.8) is 0 Å². The summed E-state index contributed by atoms with van der Waals surface area (Å²) in [7, 11) is 0. The van der Waals surface area contributed by atoms with Crippen LogP contribution in [-0.2, 0) is 4.79 Å². The first-order valence-electron chi connectivity index (χ1n) is 15.1. The van der Waals surface area contributed by atoms with Crippen LogP contribution in [0.4, 0.5) is 11.6 Å². The molecule has 2 fully saturated rings. The van der Waals surface area contributed by atoms with Crippen LogP contribution >= 0.6 is 0 Å². The first-order valence-corrected chi connectivity index (χ1v) is 15.1. The summed E-state index contributed by atoms with van der Waals surface area (Å²) in [6, 6.07) is 10.2. The molecule has 0 amide bonds. The van der Waals surface area contributed by atoms with Crippen LogP contribution in [0.25, 0.3) is 22.3 Å². The van der Waals surface area contributed by atoms with Crippen molar-refractivity contribution in [1.29, 1.82) is 0 Å². The second-order valence-electron chi connectivity index (χ2n) is 12.1. The number of anilines is 2. The number of nitrogens with zero attached hydrogens (tertiary/aromatic N) is 5. The molecule has 9 nitrogen and oxygen atoms in total. The number of Topliss-reactive ketones (excluding diaryl/α,β-unsaturated/α-hetero) is 1. The largest absolute Gasteiger partial charge is 0.324 e. The molecule has 1 saturated carbocycles. The summed E-state index contributed by atoms with van der Waals surface area (Å²) in [5.41, 5.74) is 4.59. The SMILES string of the molecule is CC(=O)C1CCCC1c1ncc(C)c(-c2cc3cnc(Nc4ccc(C5CCNCC5)cc4)nc3n(C(C)C)c2=O)n1. The van der Waals surface area contributed by atoms with E-state index in [9.17, 15) is 9.59 Å². The van der Waals surface area contributed by atoms with E-state index >= 15 is 0 Å². The second-order valence-corrected chi connectivity index (χ2v) is 12.1. The average Bonchev–Trinajstić information content (AvgIpc) is 3.49. The van der Waals surface area contributed by atoms with Gasteiger partial charge in [0.05, 0.1) is 11.3 Å². The summed E-state index contributed by atoms with van der Waals surface area (Å²) in [6.45, 7) is 9.65. The number of hydrogen-bond donors (Lipinski definition) is 2. The monoisotopic (exact) mass is 565 g/mol. The smallest absolute Gasteiger partial charge is 0.261 e. The summed E-state index contributed by atoms with van der Waals surface area (Å²) in [4.78, 5) is 45.2. The number of benzene rings is 1. The zero-order chi connectivity index (χ0) is 29.4. The molecule has 0 bridgehead atoms. The molecule has 2 N–H and O–H groups in total. The Hall–Kier alpha value is -3.98. The van der Waals surface area contributed by atoms with Crippen molar-refractivity contribution in [2.75, 3.05) is 18.4 Å². The molecule has 2 aliphatic rings. The molecule has 3 aromatic heterocycles. The van der Waals surface area contributed by atoms with Crippen LogP contribution in [0.15, 0.2) is 47.5 Å². The molecule has 1 aliphatic carbocycles. The van der Waals surface area contributed by atoms with Crippen molar-refractivity contribution >= 4 is 28.5 Å². The standard InChI is InChI=1S/C33H39N7O2/c1-19(2)40-31-24(18-36-33(39-31)37-25-10-8-22(9-11-25)23-12-14-34-15-13-23)16-28(32(40)42)29-20(3)17-35-30(38-29)27-7-5-6-26(27)21(4)41/h8-11,16-19,23,26-27,34H,5-7,12-15H2,1-4H3,(H,36,37,39). The van der Waals surface area contributed by atoms with E-state index in [-0.39, 0.29) is 29.2 Å². The number of fused-ring (bicyclic) bond motifs is 1. The minimum atomic E-state index is -0.157. The predicted molar refractivity (Wildman–Crippen MR) is 165 cm³/mol. The maximum atomic E-state index is 14.0. The molecule has 42 heavy (non-hydrogen) atoms. The quantitative estimate of drug-likeness (QED) is 0.288. The number of rotatable bonds is 7. The summed E-state index contributed by atoms with van der Waals surface area (Å²) in [5.74, 6) is 1.78. The first-order chi connectivity index (χ1) is 20.3.